The summed E-state index contributed by atoms with van der Waals surface area (Å²) in [6, 6.07) is 0. The zero-order valence-corrected chi connectivity index (χ0v) is 6.44. The van der Waals surface area contributed by atoms with Gasteiger partial charge in [0, 0.05) is 19.8 Å². The fraction of sp³-hybridized carbons (Fsp3) is 1.00. The fourth-order valence-electron chi connectivity index (χ4n) is 1.28. The molecular weight excluding hydrogens is 131 g/mol. The molecule has 1 heterocycles. The molecule has 2 nitrogen and oxygen atoms in total. The molecule has 1 fully saturated rings. The maximum atomic E-state index is 12.6. The molecule has 1 aliphatic rings. The first-order valence-corrected chi connectivity index (χ1v) is 3.84. The maximum absolute atomic E-state index is 12.6. The molecule has 0 spiro atoms. The summed E-state index contributed by atoms with van der Waals surface area (Å²) in [5, 5.41) is 3.06. The standard InChI is InChI=1S/C7H15FN2/c1-9-6-10-4-2-7(8)3-5-10/h7,9H,2-6H2,1H3. The van der Waals surface area contributed by atoms with Gasteiger partial charge in [-0.05, 0) is 19.9 Å². The van der Waals surface area contributed by atoms with Crippen molar-refractivity contribution < 1.29 is 4.39 Å². The van der Waals surface area contributed by atoms with Crippen molar-refractivity contribution in [2.24, 2.45) is 0 Å². The molecular formula is C7H15FN2. The summed E-state index contributed by atoms with van der Waals surface area (Å²) in [5.41, 5.74) is 0. The summed E-state index contributed by atoms with van der Waals surface area (Å²) in [6.45, 7) is 2.71. The molecule has 0 aromatic rings. The molecule has 3 heteroatoms. The van der Waals surface area contributed by atoms with Crippen LogP contribution in [0.2, 0.25) is 0 Å². The number of nitrogens with zero attached hydrogens (tertiary/aromatic N) is 1. The Kier molecular flexibility index (Phi) is 3.09. The molecule has 0 aliphatic carbocycles. The van der Waals surface area contributed by atoms with Crippen LogP contribution in [0.4, 0.5) is 4.39 Å². The van der Waals surface area contributed by atoms with Crippen LogP contribution in [0, 0.1) is 0 Å². The lowest BCUT2D eigenvalue weighted by Gasteiger charge is -2.27. The van der Waals surface area contributed by atoms with Crippen LogP contribution in [0.1, 0.15) is 12.8 Å². The van der Waals surface area contributed by atoms with E-state index in [4.69, 9.17) is 0 Å². The lowest BCUT2D eigenvalue weighted by atomic mass is 10.1. The minimum Gasteiger partial charge on any atom is -0.307 e. The largest absolute Gasteiger partial charge is 0.307 e. The number of rotatable bonds is 2. The van der Waals surface area contributed by atoms with Crippen LogP contribution in [0.25, 0.3) is 0 Å². The molecule has 0 aromatic heterocycles. The van der Waals surface area contributed by atoms with Crippen molar-refractivity contribution in [3.63, 3.8) is 0 Å². The number of nitrogens with one attached hydrogen (secondary N) is 1. The second kappa shape index (κ2) is 3.88. The molecule has 0 saturated carbocycles. The average molecular weight is 146 g/mol. The second-order valence-corrected chi connectivity index (χ2v) is 2.80. The van der Waals surface area contributed by atoms with Gasteiger partial charge in [0.2, 0.25) is 0 Å². The predicted molar refractivity (Wildman–Crippen MR) is 39.6 cm³/mol. The quantitative estimate of drug-likeness (QED) is 0.613. The van der Waals surface area contributed by atoms with Crippen LogP contribution >= 0.6 is 0 Å². The second-order valence-electron chi connectivity index (χ2n) is 2.80. The molecule has 0 radical (unpaired) electrons. The van der Waals surface area contributed by atoms with Gasteiger partial charge in [-0.25, -0.2) is 4.39 Å². The summed E-state index contributed by atoms with van der Waals surface area (Å²) in [5.74, 6) is 0. The number of hydrogen-bond donors (Lipinski definition) is 1. The Morgan fingerprint density at radius 3 is 2.60 bits per heavy atom. The van der Waals surface area contributed by atoms with Gasteiger partial charge in [0.15, 0.2) is 0 Å². The third-order valence-electron chi connectivity index (χ3n) is 1.90. The van der Waals surface area contributed by atoms with Crippen molar-refractivity contribution in [2.45, 2.75) is 19.0 Å². The van der Waals surface area contributed by atoms with Crippen molar-refractivity contribution in [1.29, 1.82) is 0 Å². The van der Waals surface area contributed by atoms with E-state index in [1.807, 2.05) is 7.05 Å². The van der Waals surface area contributed by atoms with Gasteiger partial charge in [-0.2, -0.15) is 0 Å². The van der Waals surface area contributed by atoms with Crippen molar-refractivity contribution in [3.05, 3.63) is 0 Å². The van der Waals surface area contributed by atoms with Crippen molar-refractivity contribution >= 4 is 0 Å². The third-order valence-corrected chi connectivity index (χ3v) is 1.90. The highest BCUT2D eigenvalue weighted by Crippen LogP contribution is 2.11. The smallest absolute Gasteiger partial charge is 0.103 e. The highest BCUT2D eigenvalue weighted by molar-refractivity contribution is 4.69. The first kappa shape index (κ1) is 7.95. The van der Waals surface area contributed by atoms with Crippen LogP contribution in [0.15, 0.2) is 0 Å². The molecule has 1 rings (SSSR count). The lowest BCUT2D eigenvalue weighted by Crippen LogP contribution is -2.39. The van der Waals surface area contributed by atoms with Crippen LogP contribution in [0.5, 0.6) is 0 Å². The van der Waals surface area contributed by atoms with Gasteiger partial charge in [-0.1, -0.05) is 0 Å². The van der Waals surface area contributed by atoms with Crippen LogP contribution in [-0.4, -0.2) is 37.9 Å². The minimum absolute atomic E-state index is 0.548. The number of piperidine rings is 1. The Morgan fingerprint density at radius 1 is 1.50 bits per heavy atom. The first-order valence-electron chi connectivity index (χ1n) is 3.84. The Hall–Kier alpha value is -0.150. The zero-order valence-electron chi connectivity index (χ0n) is 6.44. The summed E-state index contributed by atoms with van der Waals surface area (Å²) >= 11 is 0. The molecule has 0 aromatic carbocycles. The first-order chi connectivity index (χ1) is 4.83. The molecule has 1 aliphatic heterocycles. The zero-order chi connectivity index (χ0) is 7.40. The molecule has 1 saturated heterocycles. The van der Waals surface area contributed by atoms with Gasteiger partial charge < -0.3 is 5.32 Å². The SMILES string of the molecule is CNCN1CCC(F)CC1. The van der Waals surface area contributed by atoms with Gasteiger partial charge in [0.25, 0.3) is 0 Å². The van der Waals surface area contributed by atoms with E-state index in [9.17, 15) is 4.39 Å². The van der Waals surface area contributed by atoms with E-state index in [0.717, 1.165) is 19.8 Å². The van der Waals surface area contributed by atoms with E-state index in [1.54, 1.807) is 0 Å². The predicted octanol–water partition coefficient (Wildman–Crippen LogP) is 0.597. The summed E-state index contributed by atoms with van der Waals surface area (Å²) < 4.78 is 12.6. The Labute approximate surface area is 61.4 Å². The molecule has 0 unspecified atom stereocenters. The third kappa shape index (κ3) is 2.23. The van der Waals surface area contributed by atoms with E-state index in [2.05, 4.69) is 10.2 Å². The summed E-state index contributed by atoms with van der Waals surface area (Å²) in [6.07, 6.45) is 0.872. The lowest BCUT2D eigenvalue weighted by molar-refractivity contribution is 0.145. The van der Waals surface area contributed by atoms with Gasteiger partial charge in [0.05, 0.1) is 0 Å². The van der Waals surface area contributed by atoms with E-state index in [0.29, 0.717) is 12.8 Å². The summed E-state index contributed by atoms with van der Waals surface area (Å²) in [4.78, 5) is 2.23. The maximum Gasteiger partial charge on any atom is 0.103 e. The minimum atomic E-state index is -0.548. The fourth-order valence-corrected chi connectivity index (χ4v) is 1.28. The van der Waals surface area contributed by atoms with E-state index < -0.39 is 6.17 Å². The van der Waals surface area contributed by atoms with Gasteiger partial charge >= 0.3 is 0 Å². The highest BCUT2D eigenvalue weighted by atomic mass is 19.1. The normalized spacial score (nSPS) is 23.4. The van der Waals surface area contributed by atoms with Crippen molar-refractivity contribution in [2.75, 3.05) is 26.8 Å². The molecule has 0 amide bonds. The Morgan fingerprint density at radius 2 is 2.10 bits per heavy atom. The molecule has 10 heavy (non-hydrogen) atoms. The van der Waals surface area contributed by atoms with E-state index in [1.165, 1.54) is 0 Å². The number of halogens is 1. The highest BCUT2D eigenvalue weighted by Gasteiger charge is 2.16. The van der Waals surface area contributed by atoms with Gasteiger partial charge in [-0.3, -0.25) is 4.90 Å². The van der Waals surface area contributed by atoms with Gasteiger partial charge in [0.1, 0.15) is 6.17 Å². The monoisotopic (exact) mass is 146 g/mol. The van der Waals surface area contributed by atoms with Crippen molar-refractivity contribution in [3.8, 4) is 0 Å². The van der Waals surface area contributed by atoms with Crippen molar-refractivity contribution in [1.82, 2.24) is 10.2 Å². The van der Waals surface area contributed by atoms with Crippen LogP contribution in [-0.2, 0) is 0 Å². The Bertz CT molecular complexity index is 89.6. The number of alkyl halides is 1. The topological polar surface area (TPSA) is 15.3 Å². The molecule has 60 valence electrons. The van der Waals surface area contributed by atoms with Crippen LogP contribution < -0.4 is 5.32 Å². The number of likely N-dealkylation sites (tertiary alicyclic amines) is 1. The summed E-state index contributed by atoms with van der Waals surface area (Å²) in [7, 11) is 1.92. The van der Waals surface area contributed by atoms with Gasteiger partial charge in [-0.15, -0.1) is 0 Å². The Balaban J connectivity index is 2.13. The molecule has 1 N–H and O–H groups in total. The molecule has 0 bridgehead atoms. The van der Waals surface area contributed by atoms with E-state index >= 15 is 0 Å². The van der Waals surface area contributed by atoms with E-state index in [-0.39, 0.29) is 0 Å². The van der Waals surface area contributed by atoms with Crippen LogP contribution in [0.3, 0.4) is 0 Å². The average Bonchev–Trinajstić information content (AvgIpc) is 1.95. The molecule has 0 atom stereocenters. The number of hydrogen-bond acceptors (Lipinski definition) is 2.